The van der Waals surface area contributed by atoms with Gasteiger partial charge in [-0.2, -0.15) is 13.2 Å². The normalized spacial score (nSPS) is 11.5. The number of carbonyl (C=O) groups is 1. The van der Waals surface area contributed by atoms with Gasteiger partial charge in [-0.05, 0) is 30.3 Å². The Morgan fingerprint density at radius 3 is 2.46 bits per heavy atom. The summed E-state index contributed by atoms with van der Waals surface area (Å²) in [6.45, 7) is 0. The summed E-state index contributed by atoms with van der Waals surface area (Å²) in [5.74, 6) is -1.63. The number of thioether (sulfide) groups is 1. The topological polar surface area (TPSA) is 54.9 Å². The van der Waals surface area contributed by atoms with E-state index in [-0.39, 0.29) is 22.2 Å². The maximum Gasteiger partial charge on any atom is 0.451 e. The number of halogens is 4. The predicted molar refractivity (Wildman–Crippen MR) is 98.0 cm³/mol. The summed E-state index contributed by atoms with van der Waals surface area (Å²) in [5.41, 5.74) is 0.785. The minimum absolute atomic E-state index is 0.0750. The summed E-state index contributed by atoms with van der Waals surface area (Å²) in [4.78, 5) is 19.2. The van der Waals surface area contributed by atoms with Crippen LogP contribution in [0.25, 0.3) is 10.9 Å². The lowest BCUT2D eigenvalue weighted by atomic mass is 10.2. The fourth-order valence-electron chi connectivity index (χ4n) is 2.15. The van der Waals surface area contributed by atoms with Gasteiger partial charge in [0.2, 0.25) is 11.7 Å². The molecule has 0 saturated carbocycles. The molecule has 1 heterocycles. The molecule has 1 amide bonds. The van der Waals surface area contributed by atoms with Crippen molar-refractivity contribution in [1.82, 2.24) is 9.97 Å². The second-order valence-electron chi connectivity index (χ2n) is 5.21. The molecule has 0 aliphatic rings. The van der Waals surface area contributed by atoms with E-state index in [0.29, 0.717) is 11.1 Å². The van der Waals surface area contributed by atoms with E-state index in [2.05, 4.69) is 31.2 Å². The molecule has 1 N–H and O–H groups in total. The van der Waals surface area contributed by atoms with Crippen molar-refractivity contribution in [2.75, 3.05) is 11.1 Å². The van der Waals surface area contributed by atoms with E-state index in [1.807, 2.05) is 0 Å². The van der Waals surface area contributed by atoms with Crippen molar-refractivity contribution in [2.45, 2.75) is 11.2 Å². The molecule has 1 aromatic heterocycles. The van der Waals surface area contributed by atoms with Crippen LogP contribution < -0.4 is 5.32 Å². The fourth-order valence-corrected chi connectivity index (χ4v) is 3.23. The van der Waals surface area contributed by atoms with Gasteiger partial charge < -0.3 is 5.32 Å². The molecule has 0 saturated heterocycles. The van der Waals surface area contributed by atoms with Crippen LogP contribution in [-0.4, -0.2) is 21.6 Å². The van der Waals surface area contributed by atoms with Gasteiger partial charge in [0.15, 0.2) is 0 Å². The molecule has 2 aromatic carbocycles. The Morgan fingerprint density at radius 2 is 1.77 bits per heavy atom. The molecular weight excluding hydrogens is 431 g/mol. The molecule has 0 radical (unpaired) electrons. The summed E-state index contributed by atoms with van der Waals surface area (Å²) in [6.07, 6.45) is -4.65. The quantitative estimate of drug-likeness (QED) is 0.449. The lowest BCUT2D eigenvalue weighted by Gasteiger charge is -2.10. The van der Waals surface area contributed by atoms with E-state index in [4.69, 9.17) is 0 Å². The highest BCUT2D eigenvalue weighted by Gasteiger charge is 2.35. The van der Waals surface area contributed by atoms with E-state index >= 15 is 0 Å². The number of nitrogens with zero attached hydrogens (tertiary/aromatic N) is 2. The number of amides is 1. The number of anilines is 1. The number of para-hydroxylation sites is 1. The van der Waals surface area contributed by atoms with Crippen molar-refractivity contribution in [1.29, 1.82) is 0 Å². The number of rotatable bonds is 4. The molecule has 9 heteroatoms. The molecule has 4 nitrogen and oxygen atoms in total. The van der Waals surface area contributed by atoms with Crippen LogP contribution in [0.2, 0.25) is 0 Å². The van der Waals surface area contributed by atoms with Crippen molar-refractivity contribution in [3.63, 3.8) is 0 Å². The summed E-state index contributed by atoms with van der Waals surface area (Å²) in [6, 6.07) is 13.4. The summed E-state index contributed by atoms with van der Waals surface area (Å²) < 4.78 is 39.9. The average molecular weight is 442 g/mol. The molecular formula is C17H11BrF3N3OS. The number of nitrogens with one attached hydrogen (secondary N) is 1. The molecule has 3 rings (SSSR count). The number of hydrogen-bond donors (Lipinski definition) is 1. The van der Waals surface area contributed by atoms with Gasteiger partial charge in [-0.3, -0.25) is 4.79 Å². The first kappa shape index (κ1) is 18.7. The Hall–Kier alpha value is -2.13. The van der Waals surface area contributed by atoms with E-state index in [0.717, 1.165) is 16.2 Å². The number of benzene rings is 2. The van der Waals surface area contributed by atoms with Crippen molar-refractivity contribution in [2.24, 2.45) is 0 Å². The third-order valence-electron chi connectivity index (χ3n) is 3.29. The lowest BCUT2D eigenvalue weighted by Crippen LogP contribution is -2.15. The van der Waals surface area contributed by atoms with E-state index in [9.17, 15) is 18.0 Å². The highest BCUT2D eigenvalue weighted by atomic mass is 79.9. The van der Waals surface area contributed by atoms with Crippen LogP contribution in [-0.2, 0) is 11.0 Å². The van der Waals surface area contributed by atoms with Gasteiger partial charge in [-0.15, -0.1) is 0 Å². The minimum Gasteiger partial charge on any atom is -0.325 e. The number of alkyl halides is 3. The van der Waals surface area contributed by atoms with Gasteiger partial charge in [0.25, 0.3) is 0 Å². The van der Waals surface area contributed by atoms with Gasteiger partial charge in [-0.25, -0.2) is 9.97 Å². The number of fused-ring (bicyclic) bond motifs is 1. The molecule has 0 unspecified atom stereocenters. The number of aromatic nitrogens is 2. The van der Waals surface area contributed by atoms with Crippen LogP contribution in [0.1, 0.15) is 5.82 Å². The van der Waals surface area contributed by atoms with Crippen LogP contribution in [0.3, 0.4) is 0 Å². The standard InChI is InChI=1S/C17H11BrF3N3OS/c18-10-5-7-11(8-6-10)22-14(25)9-26-15-12-3-1-2-4-13(12)23-16(24-15)17(19,20)21/h1-8H,9H2,(H,22,25). The van der Waals surface area contributed by atoms with Gasteiger partial charge in [0.05, 0.1) is 11.3 Å². The first-order chi connectivity index (χ1) is 12.3. The molecule has 134 valence electrons. The zero-order valence-electron chi connectivity index (χ0n) is 13.0. The molecule has 0 aliphatic carbocycles. The van der Waals surface area contributed by atoms with Crippen molar-refractivity contribution in [3.05, 3.63) is 58.8 Å². The molecule has 0 fully saturated rings. The molecule has 26 heavy (non-hydrogen) atoms. The first-order valence-corrected chi connectivity index (χ1v) is 9.13. The van der Waals surface area contributed by atoms with E-state index < -0.39 is 12.0 Å². The first-order valence-electron chi connectivity index (χ1n) is 7.35. The summed E-state index contributed by atoms with van der Waals surface area (Å²) in [7, 11) is 0. The zero-order valence-corrected chi connectivity index (χ0v) is 15.5. The zero-order chi connectivity index (χ0) is 18.7. The van der Waals surface area contributed by atoms with Gasteiger partial charge >= 0.3 is 6.18 Å². The van der Waals surface area contributed by atoms with Crippen LogP contribution in [0.15, 0.2) is 58.0 Å². The Kier molecular flexibility index (Phi) is 5.47. The van der Waals surface area contributed by atoms with Crippen molar-refractivity contribution < 1.29 is 18.0 Å². The summed E-state index contributed by atoms with van der Waals surface area (Å²) >= 11 is 4.23. The van der Waals surface area contributed by atoms with Crippen molar-refractivity contribution >= 4 is 50.2 Å². The smallest absolute Gasteiger partial charge is 0.325 e. The third-order valence-corrected chi connectivity index (χ3v) is 4.81. The summed E-state index contributed by atoms with van der Waals surface area (Å²) in [5, 5.41) is 3.28. The van der Waals surface area contributed by atoms with E-state index in [1.165, 1.54) is 6.07 Å². The number of hydrogen-bond acceptors (Lipinski definition) is 4. The Morgan fingerprint density at radius 1 is 1.08 bits per heavy atom. The maximum atomic E-state index is 13.0. The predicted octanol–water partition coefficient (Wildman–Crippen LogP) is 5.14. The SMILES string of the molecule is O=C(CSc1nc(C(F)(F)F)nc2ccccc12)Nc1ccc(Br)cc1. The lowest BCUT2D eigenvalue weighted by molar-refractivity contribution is -0.145. The monoisotopic (exact) mass is 441 g/mol. The van der Waals surface area contributed by atoms with Crippen LogP contribution in [0.4, 0.5) is 18.9 Å². The molecule has 0 spiro atoms. The Bertz CT molecular complexity index is 948. The third kappa shape index (κ3) is 4.53. The fraction of sp³-hybridized carbons (Fsp3) is 0.118. The van der Waals surface area contributed by atoms with Gasteiger partial charge in [0, 0.05) is 15.5 Å². The Labute approximate surface area is 159 Å². The maximum absolute atomic E-state index is 13.0. The van der Waals surface area contributed by atoms with Gasteiger partial charge in [-0.1, -0.05) is 45.9 Å². The van der Waals surface area contributed by atoms with Crippen molar-refractivity contribution in [3.8, 4) is 0 Å². The Balaban J connectivity index is 1.79. The minimum atomic E-state index is -4.65. The van der Waals surface area contributed by atoms with Crippen LogP contribution in [0.5, 0.6) is 0 Å². The molecule has 0 aliphatic heterocycles. The van der Waals surface area contributed by atoms with E-state index in [1.54, 1.807) is 42.5 Å². The highest BCUT2D eigenvalue weighted by molar-refractivity contribution is 9.10. The second-order valence-corrected chi connectivity index (χ2v) is 7.09. The van der Waals surface area contributed by atoms with Gasteiger partial charge in [0.1, 0.15) is 5.03 Å². The number of carbonyl (C=O) groups excluding carboxylic acids is 1. The molecule has 0 bridgehead atoms. The molecule has 3 aromatic rings. The van der Waals surface area contributed by atoms with Crippen LogP contribution in [0, 0.1) is 0 Å². The average Bonchev–Trinajstić information content (AvgIpc) is 2.60. The molecule has 0 atom stereocenters. The van der Waals surface area contributed by atoms with Crippen LogP contribution >= 0.6 is 27.7 Å². The largest absolute Gasteiger partial charge is 0.451 e. The highest BCUT2D eigenvalue weighted by Crippen LogP contribution is 2.32. The second kappa shape index (κ2) is 7.63.